The lowest BCUT2D eigenvalue weighted by molar-refractivity contribution is -0.176. The van der Waals surface area contributed by atoms with Gasteiger partial charge in [0.25, 0.3) is 0 Å². The van der Waals surface area contributed by atoms with Gasteiger partial charge < -0.3 is 15.4 Å². The van der Waals surface area contributed by atoms with Crippen LogP contribution in [0.15, 0.2) is 4.99 Å². The maximum absolute atomic E-state index is 12.1. The molecule has 0 aromatic heterocycles. The lowest BCUT2D eigenvalue weighted by Gasteiger charge is -2.59. The second kappa shape index (κ2) is 7.34. The van der Waals surface area contributed by atoms with Crippen molar-refractivity contribution in [2.75, 3.05) is 20.7 Å². The fraction of sp³-hybridized carbons (Fsp3) is 0.923. The van der Waals surface area contributed by atoms with Crippen molar-refractivity contribution in [3.05, 3.63) is 0 Å². The summed E-state index contributed by atoms with van der Waals surface area (Å²) >= 11 is 0. The van der Waals surface area contributed by atoms with Crippen LogP contribution in [0.3, 0.4) is 0 Å². The van der Waals surface area contributed by atoms with Gasteiger partial charge in [-0.2, -0.15) is 13.2 Å². The number of alkyl halides is 3. The molecule has 126 valence electrons. The summed E-state index contributed by atoms with van der Waals surface area (Å²) in [5, 5.41) is 5.85. The Labute approximate surface area is 141 Å². The van der Waals surface area contributed by atoms with Crippen LogP contribution < -0.4 is 10.6 Å². The highest BCUT2D eigenvalue weighted by atomic mass is 127. The molecule has 0 heterocycles. The molecule has 8 heteroatoms. The number of halogens is 4. The standard InChI is InChI=1S/C13H24F3N3O.HI/c1-11(2)9(8-12(11,3)20-5)19-10(17-4)18-7-6-13(14,15)16;/h9H,6-8H2,1-5H3,(H2,17,18,19);1H. The van der Waals surface area contributed by atoms with Crippen LogP contribution >= 0.6 is 24.0 Å². The molecule has 4 nitrogen and oxygen atoms in total. The van der Waals surface area contributed by atoms with Gasteiger partial charge in [-0.25, -0.2) is 0 Å². The third-order valence-corrected chi connectivity index (χ3v) is 4.51. The summed E-state index contributed by atoms with van der Waals surface area (Å²) < 4.78 is 41.8. The van der Waals surface area contributed by atoms with E-state index in [0.717, 1.165) is 6.42 Å². The van der Waals surface area contributed by atoms with Crippen LogP contribution in [0.4, 0.5) is 13.2 Å². The average molecular weight is 423 g/mol. The van der Waals surface area contributed by atoms with Gasteiger partial charge >= 0.3 is 6.18 Å². The minimum Gasteiger partial charge on any atom is -0.378 e. The summed E-state index contributed by atoms with van der Waals surface area (Å²) in [4.78, 5) is 3.95. The Morgan fingerprint density at radius 2 is 1.90 bits per heavy atom. The molecule has 2 unspecified atom stereocenters. The van der Waals surface area contributed by atoms with Crippen LogP contribution in [0, 0.1) is 5.41 Å². The number of nitrogens with one attached hydrogen (secondary N) is 2. The Bertz CT molecular complexity index is 374. The van der Waals surface area contributed by atoms with Crippen LogP contribution in [-0.4, -0.2) is 44.5 Å². The quantitative estimate of drug-likeness (QED) is 0.416. The van der Waals surface area contributed by atoms with Gasteiger partial charge in [-0.3, -0.25) is 4.99 Å². The normalized spacial score (nSPS) is 28.4. The molecular weight excluding hydrogens is 398 g/mol. The van der Waals surface area contributed by atoms with Gasteiger partial charge in [-0.05, 0) is 13.3 Å². The second-order valence-corrected chi connectivity index (χ2v) is 5.92. The highest BCUT2D eigenvalue weighted by molar-refractivity contribution is 14.0. The highest BCUT2D eigenvalue weighted by Gasteiger charge is 2.58. The van der Waals surface area contributed by atoms with Crippen LogP contribution in [-0.2, 0) is 4.74 Å². The molecule has 0 amide bonds. The number of methoxy groups -OCH3 is 1. The minimum absolute atomic E-state index is 0. The molecule has 1 fully saturated rings. The molecule has 1 saturated carbocycles. The number of guanidine groups is 1. The summed E-state index contributed by atoms with van der Waals surface area (Å²) in [7, 11) is 3.22. The third kappa shape index (κ3) is 4.87. The molecule has 1 aliphatic carbocycles. The first-order valence-corrected chi connectivity index (χ1v) is 6.65. The molecule has 0 bridgehead atoms. The average Bonchev–Trinajstić information content (AvgIpc) is 2.34. The highest BCUT2D eigenvalue weighted by Crippen LogP contribution is 2.51. The summed E-state index contributed by atoms with van der Waals surface area (Å²) in [6, 6.07) is 0.115. The summed E-state index contributed by atoms with van der Waals surface area (Å²) in [5.41, 5.74) is -0.348. The van der Waals surface area contributed by atoms with Crippen LogP contribution in [0.2, 0.25) is 0 Å². The fourth-order valence-corrected chi connectivity index (χ4v) is 2.41. The first kappa shape index (κ1) is 20.8. The van der Waals surface area contributed by atoms with Crippen molar-refractivity contribution in [3.63, 3.8) is 0 Å². The van der Waals surface area contributed by atoms with Crippen LogP contribution in [0.25, 0.3) is 0 Å². The molecule has 1 aliphatic rings. The SMILES string of the molecule is CN=C(NCCC(F)(F)F)NC1CC(C)(OC)C1(C)C.I. The number of hydrogen-bond donors (Lipinski definition) is 2. The number of hydrogen-bond acceptors (Lipinski definition) is 2. The van der Waals surface area contributed by atoms with E-state index in [1.54, 1.807) is 14.2 Å². The van der Waals surface area contributed by atoms with Gasteiger partial charge in [-0.1, -0.05) is 13.8 Å². The van der Waals surface area contributed by atoms with Gasteiger partial charge in [0, 0.05) is 32.2 Å². The lowest BCUT2D eigenvalue weighted by Crippen LogP contribution is -2.69. The van der Waals surface area contributed by atoms with Crippen molar-refractivity contribution in [2.24, 2.45) is 10.4 Å². The van der Waals surface area contributed by atoms with Gasteiger partial charge in [-0.15, -0.1) is 24.0 Å². The van der Waals surface area contributed by atoms with E-state index in [9.17, 15) is 13.2 Å². The Morgan fingerprint density at radius 3 is 2.29 bits per heavy atom. The Morgan fingerprint density at radius 1 is 1.33 bits per heavy atom. The molecule has 0 saturated heterocycles. The maximum atomic E-state index is 12.1. The summed E-state index contributed by atoms with van der Waals surface area (Å²) in [6.45, 7) is 5.99. The van der Waals surface area contributed by atoms with E-state index in [4.69, 9.17) is 4.74 Å². The smallest absolute Gasteiger partial charge is 0.378 e. The van der Waals surface area contributed by atoms with Gasteiger partial charge in [0.1, 0.15) is 0 Å². The molecule has 2 atom stereocenters. The number of ether oxygens (including phenoxy) is 1. The summed E-state index contributed by atoms with van der Waals surface area (Å²) in [6.07, 6.45) is -4.25. The Balaban J connectivity index is 0.00000400. The minimum atomic E-state index is -4.16. The lowest BCUT2D eigenvalue weighted by atomic mass is 9.56. The largest absolute Gasteiger partial charge is 0.390 e. The second-order valence-electron chi connectivity index (χ2n) is 5.92. The van der Waals surface area contributed by atoms with Crippen LogP contribution in [0.5, 0.6) is 0 Å². The maximum Gasteiger partial charge on any atom is 0.390 e. The molecule has 2 N–H and O–H groups in total. The van der Waals surface area contributed by atoms with Crippen molar-refractivity contribution < 1.29 is 17.9 Å². The molecule has 0 aromatic rings. The van der Waals surface area contributed by atoms with Gasteiger partial charge in [0.15, 0.2) is 5.96 Å². The van der Waals surface area contributed by atoms with E-state index in [-0.39, 0.29) is 47.6 Å². The Hall–Kier alpha value is -0.250. The molecule has 0 aliphatic heterocycles. The van der Waals surface area contributed by atoms with E-state index in [2.05, 4.69) is 29.5 Å². The molecule has 1 rings (SSSR count). The number of aliphatic imine (C=N–C) groups is 1. The zero-order chi connectivity index (χ0) is 15.6. The van der Waals surface area contributed by atoms with Crippen molar-refractivity contribution >= 4 is 29.9 Å². The molecule has 0 spiro atoms. The Kier molecular flexibility index (Phi) is 7.26. The fourth-order valence-electron chi connectivity index (χ4n) is 2.41. The van der Waals surface area contributed by atoms with E-state index < -0.39 is 12.6 Å². The summed E-state index contributed by atoms with van der Waals surface area (Å²) in [5.74, 6) is 0.394. The zero-order valence-electron chi connectivity index (χ0n) is 13.1. The third-order valence-electron chi connectivity index (χ3n) is 4.51. The van der Waals surface area contributed by atoms with Crippen LogP contribution in [0.1, 0.15) is 33.6 Å². The molecule has 21 heavy (non-hydrogen) atoms. The predicted molar refractivity (Wildman–Crippen MR) is 88.2 cm³/mol. The monoisotopic (exact) mass is 423 g/mol. The first-order chi connectivity index (χ1) is 9.05. The van der Waals surface area contributed by atoms with E-state index >= 15 is 0 Å². The zero-order valence-corrected chi connectivity index (χ0v) is 15.4. The topological polar surface area (TPSA) is 45.7 Å². The van der Waals surface area contributed by atoms with E-state index in [1.165, 1.54) is 0 Å². The number of nitrogens with zero attached hydrogens (tertiary/aromatic N) is 1. The van der Waals surface area contributed by atoms with E-state index in [0.29, 0.717) is 5.96 Å². The molecular formula is C13H25F3IN3O. The van der Waals surface area contributed by atoms with Crippen molar-refractivity contribution in [3.8, 4) is 0 Å². The van der Waals surface area contributed by atoms with Crippen molar-refractivity contribution in [2.45, 2.75) is 51.4 Å². The first-order valence-electron chi connectivity index (χ1n) is 6.65. The predicted octanol–water partition coefficient (Wildman–Crippen LogP) is 2.93. The molecule has 0 radical (unpaired) electrons. The van der Waals surface area contributed by atoms with Gasteiger partial charge in [0.05, 0.1) is 12.0 Å². The van der Waals surface area contributed by atoms with Crippen molar-refractivity contribution in [1.29, 1.82) is 0 Å². The van der Waals surface area contributed by atoms with E-state index in [1.807, 2.05) is 6.92 Å². The molecule has 0 aromatic carbocycles. The van der Waals surface area contributed by atoms with Crippen molar-refractivity contribution in [1.82, 2.24) is 10.6 Å². The van der Waals surface area contributed by atoms with Gasteiger partial charge in [0.2, 0.25) is 0 Å². The number of rotatable bonds is 4.